The molecule has 1 aliphatic heterocycles. The number of benzene rings is 1. The Balaban J connectivity index is 0.00000512. The quantitative estimate of drug-likeness (QED) is 0.156. The van der Waals surface area contributed by atoms with Gasteiger partial charge < -0.3 is 26.0 Å². The van der Waals surface area contributed by atoms with Crippen molar-refractivity contribution in [1.82, 2.24) is 20.4 Å². The monoisotopic (exact) mass is 560 g/mol. The highest BCUT2D eigenvalue weighted by atomic mass is 127. The van der Waals surface area contributed by atoms with Crippen molar-refractivity contribution in [1.29, 1.82) is 0 Å². The third-order valence-corrected chi connectivity index (χ3v) is 5.66. The molecule has 2 rings (SSSR count). The van der Waals surface area contributed by atoms with Gasteiger partial charge in [0.25, 0.3) is 0 Å². The maximum Gasteiger partial charge on any atom is 0.221 e. The number of amides is 1. The molecule has 1 fully saturated rings. The van der Waals surface area contributed by atoms with Crippen molar-refractivity contribution in [3.63, 3.8) is 0 Å². The number of nitrogens with one attached hydrogen (secondary N) is 2. The fourth-order valence-electron chi connectivity index (χ4n) is 3.89. The van der Waals surface area contributed by atoms with Gasteiger partial charge in [0.15, 0.2) is 5.96 Å². The number of likely N-dealkylation sites (N-methyl/N-ethyl adjacent to an activating group) is 1. The highest BCUT2D eigenvalue weighted by Crippen LogP contribution is 2.18. The number of hydrogen-bond donors (Lipinski definition) is 3. The minimum absolute atomic E-state index is 0. The largest absolute Gasteiger partial charge is 0.385 e. The average molecular weight is 561 g/mol. The number of carbonyl (C=O) groups is 1. The predicted molar refractivity (Wildman–Crippen MR) is 141 cm³/mol. The lowest BCUT2D eigenvalue weighted by molar-refractivity contribution is -0.123. The summed E-state index contributed by atoms with van der Waals surface area (Å²) in [5, 5.41) is 6.76. The molecule has 182 valence electrons. The van der Waals surface area contributed by atoms with Crippen LogP contribution in [0.3, 0.4) is 0 Å². The molecular weight excluding hydrogens is 519 g/mol. The molecule has 1 aromatic rings. The maximum absolute atomic E-state index is 11.5. The van der Waals surface area contributed by atoms with Gasteiger partial charge in [0.1, 0.15) is 0 Å². The van der Waals surface area contributed by atoms with Crippen LogP contribution < -0.4 is 16.4 Å². The van der Waals surface area contributed by atoms with Gasteiger partial charge in [-0.3, -0.25) is 14.7 Å². The number of guanidine groups is 1. The summed E-state index contributed by atoms with van der Waals surface area (Å²) in [5.74, 6) is 0.603. The molecule has 1 amide bonds. The molecule has 0 bridgehead atoms. The maximum atomic E-state index is 11.5. The van der Waals surface area contributed by atoms with E-state index in [2.05, 4.69) is 56.7 Å². The number of nitrogens with two attached hydrogens (primary N) is 1. The van der Waals surface area contributed by atoms with Gasteiger partial charge in [-0.2, -0.15) is 0 Å². The molecule has 32 heavy (non-hydrogen) atoms. The number of halogens is 1. The van der Waals surface area contributed by atoms with Gasteiger partial charge in [0, 0.05) is 60.0 Å². The molecular formula is C23H41IN6O2. The number of primary amides is 1. The number of nitrogens with zero attached hydrogens (tertiary/aromatic N) is 3. The van der Waals surface area contributed by atoms with Crippen molar-refractivity contribution >= 4 is 35.8 Å². The van der Waals surface area contributed by atoms with Crippen LogP contribution >= 0.6 is 24.0 Å². The lowest BCUT2D eigenvalue weighted by atomic mass is 9.97. The van der Waals surface area contributed by atoms with Crippen LogP contribution in [-0.4, -0.2) is 82.2 Å². The number of likely N-dealkylation sites (tertiary alicyclic amines) is 1. The second-order valence-electron chi connectivity index (χ2n) is 8.30. The van der Waals surface area contributed by atoms with Crippen molar-refractivity contribution < 1.29 is 9.53 Å². The van der Waals surface area contributed by atoms with Crippen LogP contribution in [-0.2, 0) is 22.6 Å². The normalized spacial score (nSPS) is 17.1. The molecule has 1 aromatic carbocycles. The Kier molecular flexibility index (Phi) is 14.5. The topological polar surface area (TPSA) is 95.2 Å². The Morgan fingerprint density at radius 2 is 2.09 bits per heavy atom. The molecule has 1 aliphatic rings. The summed E-state index contributed by atoms with van der Waals surface area (Å²) in [7, 11) is 5.65. The Bertz CT molecular complexity index is 703. The third-order valence-electron chi connectivity index (χ3n) is 5.66. The van der Waals surface area contributed by atoms with Crippen molar-refractivity contribution in [2.24, 2.45) is 16.6 Å². The van der Waals surface area contributed by atoms with E-state index in [0.717, 1.165) is 71.1 Å². The molecule has 0 radical (unpaired) electrons. The molecule has 1 unspecified atom stereocenters. The van der Waals surface area contributed by atoms with E-state index in [1.165, 1.54) is 11.1 Å². The van der Waals surface area contributed by atoms with E-state index < -0.39 is 0 Å². The van der Waals surface area contributed by atoms with Crippen LogP contribution in [0.5, 0.6) is 0 Å². The van der Waals surface area contributed by atoms with Crippen molar-refractivity contribution in [2.45, 2.75) is 32.4 Å². The zero-order valence-corrected chi connectivity index (χ0v) is 22.1. The standard InChI is InChI=1S/C23H40N6O2.HI/c1-25-23(26-10-13-28(2)11-6-14-31-3)27-16-19-7-4-8-20(15-19)17-29-12-5-9-21(18-29)22(24)30;/h4,7-8,15,21H,5-6,9-14,16-18H2,1-3H3,(H2,24,30)(H2,25,26,27);1H. The minimum atomic E-state index is -0.178. The molecule has 8 nitrogen and oxygen atoms in total. The molecule has 0 spiro atoms. The highest BCUT2D eigenvalue weighted by Gasteiger charge is 2.23. The number of hydrogen-bond acceptors (Lipinski definition) is 5. The summed E-state index contributed by atoms with van der Waals surface area (Å²) in [6.07, 6.45) is 2.97. The smallest absolute Gasteiger partial charge is 0.221 e. The minimum Gasteiger partial charge on any atom is -0.385 e. The van der Waals surface area contributed by atoms with Gasteiger partial charge in [-0.1, -0.05) is 24.3 Å². The zero-order chi connectivity index (χ0) is 22.5. The SMILES string of the molecule is CN=C(NCCN(C)CCCOC)NCc1cccc(CN2CCCC(C(N)=O)C2)c1.I. The van der Waals surface area contributed by atoms with Gasteiger partial charge in [-0.25, -0.2) is 0 Å². The molecule has 1 atom stereocenters. The van der Waals surface area contributed by atoms with E-state index >= 15 is 0 Å². The van der Waals surface area contributed by atoms with E-state index in [0.29, 0.717) is 6.54 Å². The van der Waals surface area contributed by atoms with Gasteiger partial charge in [-0.15, -0.1) is 24.0 Å². The van der Waals surface area contributed by atoms with E-state index in [4.69, 9.17) is 10.5 Å². The first kappa shape index (κ1) is 28.6. The Morgan fingerprint density at radius 1 is 1.31 bits per heavy atom. The first-order valence-corrected chi connectivity index (χ1v) is 11.2. The van der Waals surface area contributed by atoms with Crippen molar-refractivity contribution in [2.75, 3.05) is 60.5 Å². The molecule has 0 aromatic heterocycles. The number of methoxy groups -OCH3 is 1. The summed E-state index contributed by atoms with van der Waals surface area (Å²) < 4.78 is 5.10. The van der Waals surface area contributed by atoms with Crippen LogP contribution in [0.4, 0.5) is 0 Å². The first-order chi connectivity index (χ1) is 15.0. The van der Waals surface area contributed by atoms with Crippen molar-refractivity contribution in [3.05, 3.63) is 35.4 Å². The van der Waals surface area contributed by atoms with E-state index in [-0.39, 0.29) is 35.8 Å². The van der Waals surface area contributed by atoms with Gasteiger partial charge >= 0.3 is 0 Å². The first-order valence-electron chi connectivity index (χ1n) is 11.2. The van der Waals surface area contributed by atoms with Gasteiger partial charge in [-0.05, 0) is 44.0 Å². The molecule has 1 saturated heterocycles. The molecule has 0 aliphatic carbocycles. The van der Waals surface area contributed by atoms with Crippen molar-refractivity contribution in [3.8, 4) is 0 Å². The summed E-state index contributed by atoms with van der Waals surface area (Å²) >= 11 is 0. The Hall–Kier alpha value is -1.43. The molecule has 9 heteroatoms. The summed E-state index contributed by atoms with van der Waals surface area (Å²) in [6.45, 7) is 6.93. The van der Waals surface area contributed by atoms with Crippen LogP contribution in [0.25, 0.3) is 0 Å². The lowest BCUT2D eigenvalue weighted by Crippen LogP contribution is -2.41. The summed E-state index contributed by atoms with van der Waals surface area (Å²) in [6, 6.07) is 8.57. The third kappa shape index (κ3) is 10.9. The van der Waals surface area contributed by atoms with E-state index in [1.807, 2.05) is 0 Å². The van der Waals surface area contributed by atoms with Crippen LogP contribution in [0.15, 0.2) is 29.3 Å². The molecule has 0 saturated carbocycles. The number of piperidine rings is 1. The number of carbonyl (C=O) groups excluding carboxylic acids is 1. The molecule has 4 N–H and O–H groups in total. The lowest BCUT2D eigenvalue weighted by Gasteiger charge is -2.31. The predicted octanol–water partition coefficient (Wildman–Crippen LogP) is 1.64. The second kappa shape index (κ2) is 16.2. The highest BCUT2D eigenvalue weighted by molar-refractivity contribution is 14.0. The Labute approximate surface area is 210 Å². The summed E-state index contributed by atoms with van der Waals surface area (Å²) in [4.78, 5) is 20.5. The van der Waals surface area contributed by atoms with Crippen LogP contribution in [0.1, 0.15) is 30.4 Å². The van der Waals surface area contributed by atoms with E-state index in [9.17, 15) is 4.79 Å². The average Bonchev–Trinajstić information content (AvgIpc) is 2.76. The number of aliphatic imine (C=N–C) groups is 1. The summed E-state index contributed by atoms with van der Waals surface area (Å²) in [5.41, 5.74) is 7.97. The Morgan fingerprint density at radius 3 is 2.81 bits per heavy atom. The number of rotatable bonds is 12. The fraction of sp³-hybridized carbons (Fsp3) is 0.652. The zero-order valence-electron chi connectivity index (χ0n) is 19.8. The van der Waals surface area contributed by atoms with Crippen LogP contribution in [0.2, 0.25) is 0 Å². The second-order valence-corrected chi connectivity index (χ2v) is 8.30. The van der Waals surface area contributed by atoms with Crippen LogP contribution in [0, 0.1) is 5.92 Å². The van der Waals surface area contributed by atoms with Gasteiger partial charge in [0.05, 0.1) is 5.92 Å². The van der Waals surface area contributed by atoms with Gasteiger partial charge in [0.2, 0.25) is 5.91 Å². The molecule has 1 heterocycles. The van der Waals surface area contributed by atoms with E-state index in [1.54, 1.807) is 14.2 Å². The fourth-order valence-corrected chi connectivity index (χ4v) is 3.89. The number of ether oxygens (including phenoxy) is 1.